The first kappa shape index (κ1) is 34.7. The third-order valence-corrected chi connectivity index (χ3v) is 15.1. The second-order valence-corrected chi connectivity index (χ2v) is 19.0. The molecular weight excluding hydrogens is 584 g/mol. The van der Waals surface area contributed by atoms with Gasteiger partial charge in [0.25, 0.3) is 0 Å². The van der Waals surface area contributed by atoms with Crippen LogP contribution in [0.25, 0.3) is 0 Å². The van der Waals surface area contributed by atoms with Crippen molar-refractivity contribution in [1.29, 1.82) is 0 Å². The fourth-order valence-electron chi connectivity index (χ4n) is 12.9. The van der Waals surface area contributed by atoms with Crippen LogP contribution < -0.4 is 0 Å². The zero-order valence-electron chi connectivity index (χ0n) is 31.4. The summed E-state index contributed by atoms with van der Waals surface area (Å²) in [5, 5.41) is 0. The van der Waals surface area contributed by atoms with E-state index in [2.05, 4.69) is 60.6 Å². The molecular formula is C42H62O5. The van der Waals surface area contributed by atoms with Crippen molar-refractivity contribution in [1.82, 2.24) is 0 Å². The predicted octanol–water partition coefficient (Wildman–Crippen LogP) is 9.74. The highest BCUT2D eigenvalue weighted by molar-refractivity contribution is 6.05. The summed E-state index contributed by atoms with van der Waals surface area (Å²) in [5.74, 6) is 1.39. The van der Waals surface area contributed by atoms with Gasteiger partial charge in [-0.05, 0) is 153 Å². The van der Waals surface area contributed by atoms with E-state index in [1.807, 2.05) is 20.8 Å². The Morgan fingerprint density at radius 3 is 2.19 bits per heavy atom. The molecule has 5 heteroatoms. The minimum absolute atomic E-state index is 0.0260. The molecule has 5 nitrogen and oxygen atoms in total. The molecule has 3 fully saturated rings. The van der Waals surface area contributed by atoms with Crippen LogP contribution in [0.2, 0.25) is 0 Å². The predicted molar refractivity (Wildman–Crippen MR) is 186 cm³/mol. The lowest BCUT2D eigenvalue weighted by Crippen LogP contribution is -2.64. The Labute approximate surface area is 284 Å². The monoisotopic (exact) mass is 646 g/mol. The standard InChI is InChI=1S/C42H62O5/c1-25(2)33-30(43)24-42(36(45)46-11)23-22-40(9)29(34(33)42)16-17-32-39(8)20-18-28(38(6,7)31(39)19-21-41(32,40)10)26-12-14-27(15-13-26)35(44)47-37(3,4)5/h12,18,25,27,29,31-32H,13-17,19-24H2,1-11H3/t27?,29?,31?,32?,39-,40+,41+,42+/m0/s1. The van der Waals surface area contributed by atoms with Crippen molar-refractivity contribution in [3.05, 3.63) is 34.4 Å². The molecule has 0 N–H and O–H groups in total. The van der Waals surface area contributed by atoms with E-state index in [4.69, 9.17) is 9.47 Å². The van der Waals surface area contributed by atoms with E-state index in [1.165, 1.54) is 36.7 Å². The molecule has 0 radical (unpaired) electrons. The van der Waals surface area contributed by atoms with E-state index in [0.29, 0.717) is 18.3 Å². The molecule has 0 aliphatic heterocycles. The topological polar surface area (TPSA) is 69.7 Å². The summed E-state index contributed by atoms with van der Waals surface area (Å²) in [6, 6.07) is 0. The van der Waals surface area contributed by atoms with Gasteiger partial charge in [0.15, 0.2) is 5.78 Å². The summed E-state index contributed by atoms with van der Waals surface area (Å²) in [5.41, 5.74) is 4.24. The molecule has 3 saturated carbocycles. The molecule has 8 atom stereocenters. The van der Waals surface area contributed by atoms with E-state index in [-0.39, 0.29) is 57.1 Å². The van der Waals surface area contributed by atoms with Crippen molar-refractivity contribution >= 4 is 17.7 Å². The van der Waals surface area contributed by atoms with E-state index in [9.17, 15) is 14.4 Å². The molecule has 0 heterocycles. The normalized spacial score (nSPS) is 41.2. The molecule has 6 rings (SSSR count). The van der Waals surface area contributed by atoms with Crippen molar-refractivity contribution < 1.29 is 23.9 Å². The van der Waals surface area contributed by atoms with Gasteiger partial charge in [-0.1, -0.05) is 60.6 Å². The molecule has 0 spiro atoms. The average Bonchev–Trinajstić information content (AvgIpc) is 3.29. The van der Waals surface area contributed by atoms with E-state index in [1.54, 1.807) is 0 Å². The highest BCUT2D eigenvalue weighted by atomic mass is 16.6. The Hall–Kier alpha value is -2.17. The number of esters is 2. The number of hydrogen-bond donors (Lipinski definition) is 0. The van der Waals surface area contributed by atoms with Crippen molar-refractivity contribution in [3.8, 4) is 0 Å². The number of methoxy groups -OCH3 is 1. The summed E-state index contributed by atoms with van der Waals surface area (Å²) >= 11 is 0. The fraction of sp³-hybridized carbons (Fsp3) is 0.786. The molecule has 0 saturated heterocycles. The number of hydrogen-bond acceptors (Lipinski definition) is 5. The smallest absolute Gasteiger partial charge is 0.316 e. The van der Waals surface area contributed by atoms with Gasteiger partial charge in [-0.3, -0.25) is 14.4 Å². The Morgan fingerprint density at radius 2 is 1.60 bits per heavy atom. The molecule has 0 bridgehead atoms. The zero-order chi connectivity index (χ0) is 34.5. The van der Waals surface area contributed by atoms with Gasteiger partial charge in [0, 0.05) is 6.42 Å². The maximum atomic E-state index is 13.6. The lowest BCUT2D eigenvalue weighted by molar-refractivity contribution is -0.201. The van der Waals surface area contributed by atoms with E-state index in [0.717, 1.165) is 56.9 Å². The Bertz CT molecular complexity index is 1450. The van der Waals surface area contributed by atoms with Crippen LogP contribution in [-0.4, -0.2) is 30.4 Å². The van der Waals surface area contributed by atoms with Crippen LogP contribution in [0.15, 0.2) is 34.4 Å². The van der Waals surface area contributed by atoms with Gasteiger partial charge in [0.1, 0.15) is 5.60 Å². The summed E-state index contributed by atoms with van der Waals surface area (Å²) in [4.78, 5) is 40.0. The quantitative estimate of drug-likeness (QED) is 0.285. The van der Waals surface area contributed by atoms with Crippen LogP contribution in [0.4, 0.5) is 0 Å². The van der Waals surface area contributed by atoms with Crippen LogP contribution in [0.5, 0.6) is 0 Å². The number of rotatable bonds is 4. The lowest BCUT2D eigenvalue weighted by atomic mass is 9.33. The second kappa shape index (κ2) is 11.2. The first-order valence-electron chi connectivity index (χ1n) is 18.8. The number of ether oxygens (including phenoxy) is 2. The number of carbonyl (C=O) groups is 3. The Kier molecular flexibility index (Phi) is 8.25. The first-order valence-corrected chi connectivity index (χ1v) is 18.8. The minimum atomic E-state index is -0.763. The molecule has 0 aromatic rings. The van der Waals surface area contributed by atoms with Crippen molar-refractivity contribution in [3.63, 3.8) is 0 Å². The van der Waals surface area contributed by atoms with Gasteiger partial charge in [-0.2, -0.15) is 0 Å². The third-order valence-electron chi connectivity index (χ3n) is 15.1. The van der Waals surface area contributed by atoms with Crippen molar-refractivity contribution in [2.24, 2.45) is 56.7 Å². The largest absolute Gasteiger partial charge is 0.468 e. The van der Waals surface area contributed by atoms with Crippen LogP contribution in [0.1, 0.15) is 140 Å². The SMILES string of the molecule is COC(=O)[C@@]12CC[C@]3(C)C(CCC4[C@@]5(C)CC=C(C6=CCC(C(=O)OC(C)(C)C)CC6)C(C)(C)C5CC[C@]43C)C1=C(C(C)C)C(=O)C2. The van der Waals surface area contributed by atoms with Crippen molar-refractivity contribution in [2.45, 2.75) is 145 Å². The van der Waals surface area contributed by atoms with Gasteiger partial charge in [-0.15, -0.1) is 0 Å². The van der Waals surface area contributed by atoms with Crippen molar-refractivity contribution in [2.75, 3.05) is 7.11 Å². The van der Waals surface area contributed by atoms with Crippen LogP contribution >= 0.6 is 0 Å². The molecule has 6 aliphatic carbocycles. The molecule has 6 aliphatic rings. The highest BCUT2D eigenvalue weighted by Gasteiger charge is 2.70. The van der Waals surface area contributed by atoms with Gasteiger partial charge < -0.3 is 9.47 Å². The van der Waals surface area contributed by atoms with Gasteiger partial charge in [0.2, 0.25) is 0 Å². The van der Waals surface area contributed by atoms with Crippen LogP contribution in [0.3, 0.4) is 0 Å². The molecule has 47 heavy (non-hydrogen) atoms. The summed E-state index contributed by atoms with van der Waals surface area (Å²) in [6.07, 6.45) is 15.2. The van der Waals surface area contributed by atoms with Gasteiger partial charge in [-0.25, -0.2) is 0 Å². The molecule has 0 aromatic heterocycles. The highest BCUT2D eigenvalue weighted by Crippen LogP contribution is 2.77. The Morgan fingerprint density at radius 1 is 0.894 bits per heavy atom. The first-order chi connectivity index (χ1) is 21.8. The number of carbonyl (C=O) groups excluding carboxylic acids is 3. The third kappa shape index (κ3) is 4.92. The fourth-order valence-corrected chi connectivity index (χ4v) is 12.9. The number of allylic oxidation sites excluding steroid dienone is 5. The average molecular weight is 647 g/mol. The molecule has 0 aromatic carbocycles. The lowest BCUT2D eigenvalue weighted by Gasteiger charge is -2.71. The van der Waals surface area contributed by atoms with Crippen LogP contribution in [-0.2, 0) is 23.9 Å². The molecule has 260 valence electrons. The summed E-state index contributed by atoms with van der Waals surface area (Å²) in [7, 11) is 1.50. The Balaban J connectivity index is 1.32. The minimum Gasteiger partial charge on any atom is -0.468 e. The van der Waals surface area contributed by atoms with E-state index >= 15 is 0 Å². The van der Waals surface area contributed by atoms with E-state index < -0.39 is 11.0 Å². The summed E-state index contributed by atoms with van der Waals surface area (Å²) in [6.45, 7) is 22.8. The molecule has 4 unspecified atom stereocenters. The maximum absolute atomic E-state index is 13.6. The van der Waals surface area contributed by atoms with Crippen LogP contribution in [0, 0.1) is 56.7 Å². The number of fused-ring (bicyclic) bond motifs is 7. The zero-order valence-corrected chi connectivity index (χ0v) is 31.4. The van der Waals surface area contributed by atoms with Gasteiger partial charge >= 0.3 is 11.9 Å². The molecule has 0 amide bonds. The number of Topliss-reactive ketones (excluding diaryl/α,β-unsaturated/α-hetero) is 1. The van der Waals surface area contributed by atoms with Gasteiger partial charge in [0.05, 0.1) is 18.4 Å². The summed E-state index contributed by atoms with van der Waals surface area (Å²) < 4.78 is 11.2. The number of ketones is 1. The maximum Gasteiger partial charge on any atom is 0.316 e. The second-order valence-electron chi connectivity index (χ2n) is 19.0.